The second-order valence-electron chi connectivity index (χ2n) is 7.50. The van der Waals surface area contributed by atoms with Gasteiger partial charge in [0, 0.05) is 25.6 Å². The molecule has 2 heterocycles. The highest BCUT2D eigenvalue weighted by Gasteiger charge is 2.31. The summed E-state index contributed by atoms with van der Waals surface area (Å²) in [6.45, 7) is 1.75. The minimum atomic E-state index is -4.38. The van der Waals surface area contributed by atoms with Crippen molar-refractivity contribution in [3.63, 3.8) is 0 Å². The molecule has 1 aliphatic heterocycles. The van der Waals surface area contributed by atoms with E-state index < -0.39 is 11.7 Å². The van der Waals surface area contributed by atoms with Crippen molar-refractivity contribution in [2.45, 2.75) is 25.6 Å². The van der Waals surface area contributed by atoms with Crippen molar-refractivity contribution in [2.75, 3.05) is 25.1 Å². The average Bonchev–Trinajstić information content (AvgIpc) is 3.21. The molecule has 0 aliphatic carbocycles. The lowest BCUT2D eigenvalue weighted by atomic mass is 9.96. The SMILES string of the molecule is COc1ccc(CNC(=O)C2CCN(c3nc4cc(C(F)(F)F)ccc4s3)CC2)cc1. The van der Waals surface area contributed by atoms with Crippen molar-refractivity contribution in [1.82, 2.24) is 10.3 Å². The number of nitrogens with one attached hydrogen (secondary N) is 1. The number of anilines is 1. The van der Waals surface area contributed by atoms with Crippen LogP contribution < -0.4 is 15.0 Å². The van der Waals surface area contributed by atoms with Gasteiger partial charge in [-0.3, -0.25) is 4.79 Å². The number of ether oxygens (including phenoxy) is 1. The summed E-state index contributed by atoms with van der Waals surface area (Å²) in [5.74, 6) is 0.710. The van der Waals surface area contributed by atoms with Gasteiger partial charge in [-0.05, 0) is 48.7 Å². The maximum atomic E-state index is 12.9. The minimum Gasteiger partial charge on any atom is -0.497 e. The summed E-state index contributed by atoms with van der Waals surface area (Å²) in [4.78, 5) is 19.0. The number of nitrogens with zero attached hydrogens (tertiary/aromatic N) is 2. The fraction of sp³-hybridized carbons (Fsp3) is 0.364. The number of carbonyl (C=O) groups is 1. The van der Waals surface area contributed by atoms with Gasteiger partial charge in [-0.1, -0.05) is 23.5 Å². The summed E-state index contributed by atoms with van der Waals surface area (Å²) < 4.78 is 44.6. The van der Waals surface area contributed by atoms with Gasteiger partial charge >= 0.3 is 6.18 Å². The van der Waals surface area contributed by atoms with Gasteiger partial charge in [0.05, 0.1) is 22.9 Å². The highest BCUT2D eigenvalue weighted by Crippen LogP contribution is 2.36. The lowest BCUT2D eigenvalue weighted by molar-refractivity contribution is -0.137. The molecule has 164 valence electrons. The molecule has 1 aliphatic rings. The zero-order chi connectivity index (χ0) is 22.0. The molecule has 0 spiro atoms. The maximum absolute atomic E-state index is 12.9. The van der Waals surface area contributed by atoms with Gasteiger partial charge in [0.1, 0.15) is 5.75 Å². The Balaban J connectivity index is 1.33. The molecule has 1 saturated heterocycles. The van der Waals surface area contributed by atoms with Gasteiger partial charge < -0.3 is 15.0 Å². The van der Waals surface area contributed by atoms with Crippen LogP contribution in [0, 0.1) is 5.92 Å². The molecule has 0 unspecified atom stereocenters. The third kappa shape index (κ3) is 4.92. The van der Waals surface area contributed by atoms with Crippen LogP contribution in [-0.2, 0) is 17.5 Å². The summed E-state index contributed by atoms with van der Waals surface area (Å²) >= 11 is 1.38. The van der Waals surface area contributed by atoms with Crippen molar-refractivity contribution in [3.05, 3.63) is 53.6 Å². The molecule has 1 aromatic heterocycles. The van der Waals surface area contributed by atoms with Crippen LogP contribution in [0.15, 0.2) is 42.5 Å². The van der Waals surface area contributed by atoms with Crippen LogP contribution in [-0.4, -0.2) is 31.1 Å². The Labute approximate surface area is 181 Å². The number of hydrogen-bond donors (Lipinski definition) is 1. The zero-order valence-electron chi connectivity index (χ0n) is 16.9. The van der Waals surface area contributed by atoms with Gasteiger partial charge in [0.25, 0.3) is 0 Å². The van der Waals surface area contributed by atoms with Gasteiger partial charge in [0.2, 0.25) is 5.91 Å². The quantitative estimate of drug-likeness (QED) is 0.605. The molecule has 0 atom stereocenters. The first kappa shape index (κ1) is 21.4. The van der Waals surface area contributed by atoms with Crippen LogP contribution in [0.2, 0.25) is 0 Å². The van der Waals surface area contributed by atoms with Gasteiger partial charge in [-0.15, -0.1) is 0 Å². The van der Waals surface area contributed by atoms with Crippen LogP contribution in [0.4, 0.5) is 18.3 Å². The number of aromatic nitrogens is 1. The summed E-state index contributed by atoms with van der Waals surface area (Å²) in [6, 6.07) is 11.2. The number of carbonyl (C=O) groups excluding carboxylic acids is 1. The molecule has 9 heteroatoms. The molecule has 1 fully saturated rings. The van der Waals surface area contributed by atoms with Crippen molar-refractivity contribution < 1.29 is 22.7 Å². The van der Waals surface area contributed by atoms with E-state index in [0.29, 0.717) is 43.1 Å². The van der Waals surface area contributed by atoms with Crippen LogP contribution in [0.1, 0.15) is 24.0 Å². The molecule has 3 aromatic rings. The monoisotopic (exact) mass is 449 g/mol. The topological polar surface area (TPSA) is 54.5 Å². The van der Waals surface area contributed by atoms with Crippen LogP contribution in [0.25, 0.3) is 10.2 Å². The first-order valence-corrected chi connectivity index (χ1v) is 10.8. The number of rotatable bonds is 5. The van der Waals surface area contributed by atoms with Crippen LogP contribution in [0.3, 0.4) is 0 Å². The lowest BCUT2D eigenvalue weighted by Crippen LogP contribution is -2.40. The molecule has 1 amide bonds. The fourth-order valence-electron chi connectivity index (χ4n) is 3.64. The molecule has 1 N–H and O–H groups in total. The van der Waals surface area contributed by atoms with E-state index in [1.807, 2.05) is 29.2 Å². The largest absolute Gasteiger partial charge is 0.497 e. The number of amides is 1. The molecule has 5 nitrogen and oxygen atoms in total. The van der Waals surface area contributed by atoms with Crippen molar-refractivity contribution in [3.8, 4) is 5.75 Å². The molecule has 0 radical (unpaired) electrons. The Bertz CT molecular complexity index is 1060. The van der Waals surface area contributed by atoms with E-state index >= 15 is 0 Å². The number of piperidine rings is 1. The summed E-state index contributed by atoms with van der Waals surface area (Å²) in [5.41, 5.74) is 0.664. The van der Waals surface area contributed by atoms with Gasteiger partial charge in [-0.2, -0.15) is 13.2 Å². The van der Waals surface area contributed by atoms with Crippen molar-refractivity contribution in [2.24, 2.45) is 5.92 Å². The van der Waals surface area contributed by atoms with Crippen LogP contribution in [0.5, 0.6) is 5.75 Å². The second kappa shape index (κ2) is 8.74. The Morgan fingerprint density at radius 1 is 1.19 bits per heavy atom. The number of benzene rings is 2. The second-order valence-corrected chi connectivity index (χ2v) is 8.51. The van der Waals surface area contributed by atoms with E-state index in [0.717, 1.165) is 28.1 Å². The van der Waals surface area contributed by atoms with E-state index in [9.17, 15) is 18.0 Å². The third-order valence-electron chi connectivity index (χ3n) is 5.47. The Hall–Kier alpha value is -2.81. The number of halogens is 3. The van der Waals surface area contributed by atoms with E-state index in [1.165, 1.54) is 17.4 Å². The fourth-order valence-corrected chi connectivity index (χ4v) is 4.63. The number of methoxy groups -OCH3 is 1. The molecular formula is C22H22F3N3O2S. The summed E-state index contributed by atoms with van der Waals surface area (Å²) in [7, 11) is 1.61. The highest BCUT2D eigenvalue weighted by molar-refractivity contribution is 7.22. The predicted octanol–water partition coefficient (Wildman–Crippen LogP) is 4.86. The lowest BCUT2D eigenvalue weighted by Gasteiger charge is -2.31. The number of hydrogen-bond acceptors (Lipinski definition) is 5. The maximum Gasteiger partial charge on any atom is 0.416 e. The summed E-state index contributed by atoms with van der Waals surface area (Å²) in [6.07, 6.45) is -3.02. The van der Waals surface area contributed by atoms with Crippen molar-refractivity contribution >= 4 is 32.6 Å². The molecule has 2 aromatic carbocycles. The average molecular weight is 449 g/mol. The minimum absolute atomic E-state index is 0.0228. The predicted molar refractivity (Wildman–Crippen MR) is 114 cm³/mol. The number of alkyl halides is 3. The molecule has 31 heavy (non-hydrogen) atoms. The standard InChI is InChI=1S/C22H22F3N3O2S/c1-30-17-5-2-14(3-6-17)13-26-20(29)15-8-10-28(11-9-15)21-27-18-12-16(22(23,24)25)4-7-19(18)31-21/h2-7,12,15H,8-11,13H2,1H3,(H,26,29). The summed E-state index contributed by atoms with van der Waals surface area (Å²) in [5, 5.41) is 3.69. The molecular weight excluding hydrogens is 427 g/mol. The Morgan fingerprint density at radius 3 is 2.55 bits per heavy atom. The third-order valence-corrected chi connectivity index (χ3v) is 6.56. The van der Waals surface area contributed by atoms with Crippen LogP contribution >= 0.6 is 11.3 Å². The highest BCUT2D eigenvalue weighted by atomic mass is 32.1. The number of thiazole rings is 1. The number of fused-ring (bicyclic) bond motifs is 1. The molecule has 0 saturated carbocycles. The van der Waals surface area contributed by atoms with E-state index in [4.69, 9.17) is 4.74 Å². The van der Waals surface area contributed by atoms with E-state index in [2.05, 4.69) is 10.3 Å². The first-order valence-electron chi connectivity index (χ1n) is 9.97. The van der Waals surface area contributed by atoms with Gasteiger partial charge in [-0.25, -0.2) is 4.98 Å². The molecule has 0 bridgehead atoms. The Morgan fingerprint density at radius 2 is 1.90 bits per heavy atom. The van der Waals surface area contributed by atoms with E-state index in [1.54, 1.807) is 7.11 Å². The smallest absolute Gasteiger partial charge is 0.416 e. The van der Waals surface area contributed by atoms with Gasteiger partial charge in [0.15, 0.2) is 5.13 Å². The van der Waals surface area contributed by atoms with E-state index in [-0.39, 0.29) is 11.8 Å². The zero-order valence-corrected chi connectivity index (χ0v) is 17.7. The normalized spacial score (nSPS) is 15.3. The van der Waals surface area contributed by atoms with Crippen molar-refractivity contribution in [1.29, 1.82) is 0 Å². The molecule has 4 rings (SSSR count). The Kier molecular flexibility index (Phi) is 6.04. The first-order chi connectivity index (χ1) is 14.8.